The molecule has 1 aromatic carbocycles. The predicted octanol–water partition coefficient (Wildman–Crippen LogP) is 1.96. The van der Waals surface area contributed by atoms with E-state index in [1.807, 2.05) is 24.3 Å². The first kappa shape index (κ1) is 9.45. The van der Waals surface area contributed by atoms with Crippen LogP contribution < -0.4 is 5.69 Å². The van der Waals surface area contributed by atoms with Crippen LogP contribution in [0.1, 0.15) is 5.56 Å². The fourth-order valence-corrected chi connectivity index (χ4v) is 1.60. The van der Waals surface area contributed by atoms with Crippen LogP contribution in [0.3, 0.4) is 0 Å². The zero-order valence-electron chi connectivity index (χ0n) is 7.16. The fraction of sp³-hybridized carbons (Fsp3) is 0.111. The minimum Gasteiger partial charge on any atom is -0.357 e. The topological polar surface area (TPSA) is 58.9 Å². The van der Waals surface area contributed by atoms with E-state index in [9.17, 15) is 4.79 Å². The highest BCUT2D eigenvalue weighted by Crippen LogP contribution is 2.16. The van der Waals surface area contributed by atoms with E-state index >= 15 is 0 Å². The van der Waals surface area contributed by atoms with E-state index in [4.69, 9.17) is 4.52 Å². The van der Waals surface area contributed by atoms with E-state index in [0.717, 1.165) is 9.99 Å². The number of aromatic amines is 1. The fourth-order valence-electron chi connectivity index (χ4n) is 1.09. The molecule has 1 N–H and O–H groups in total. The van der Waals surface area contributed by atoms with E-state index in [-0.39, 0.29) is 0 Å². The van der Waals surface area contributed by atoms with Crippen molar-refractivity contribution in [3.05, 3.63) is 40.3 Å². The Labute approximate surface area is 93.5 Å². The number of nitrogens with one attached hydrogen (secondary N) is 1. The molecule has 72 valence electrons. The molecule has 5 heteroatoms. The monoisotopic (exact) mass is 302 g/mol. The second-order valence-electron chi connectivity index (χ2n) is 2.76. The van der Waals surface area contributed by atoms with Gasteiger partial charge in [-0.3, -0.25) is 0 Å². The van der Waals surface area contributed by atoms with Crippen molar-refractivity contribution >= 4 is 22.6 Å². The Hall–Kier alpha value is -1.11. The van der Waals surface area contributed by atoms with Gasteiger partial charge in [0.2, 0.25) is 0 Å². The van der Waals surface area contributed by atoms with Crippen molar-refractivity contribution in [3.63, 3.8) is 0 Å². The SMILES string of the molecule is O=c1nc(-c2ccc(CI)cc2)o[nH]1. The molecular formula is C9H7IN2O2. The lowest BCUT2D eigenvalue weighted by Gasteiger charge is -1.96. The van der Waals surface area contributed by atoms with E-state index in [1.54, 1.807) is 0 Å². The van der Waals surface area contributed by atoms with Crippen molar-refractivity contribution in [1.29, 1.82) is 0 Å². The molecule has 1 heterocycles. The van der Waals surface area contributed by atoms with Gasteiger partial charge in [-0.1, -0.05) is 34.7 Å². The lowest BCUT2D eigenvalue weighted by molar-refractivity contribution is 0.424. The summed E-state index contributed by atoms with van der Waals surface area (Å²) < 4.78 is 5.83. The maximum atomic E-state index is 10.7. The number of nitrogens with zero attached hydrogens (tertiary/aromatic N) is 1. The highest BCUT2D eigenvalue weighted by molar-refractivity contribution is 14.1. The van der Waals surface area contributed by atoms with Crippen molar-refractivity contribution in [1.82, 2.24) is 10.1 Å². The highest BCUT2D eigenvalue weighted by Gasteiger charge is 2.04. The standard InChI is InChI=1S/C9H7IN2O2/c10-5-6-1-3-7(4-2-6)8-11-9(13)12-14-8/h1-4H,5H2,(H,12,13). The summed E-state index contributed by atoms with van der Waals surface area (Å²) in [4.78, 5) is 14.4. The Kier molecular flexibility index (Phi) is 2.67. The molecule has 0 radical (unpaired) electrons. The van der Waals surface area contributed by atoms with E-state index in [2.05, 4.69) is 32.7 Å². The van der Waals surface area contributed by atoms with Gasteiger partial charge in [-0.05, 0) is 17.7 Å². The Morgan fingerprint density at radius 3 is 2.57 bits per heavy atom. The molecule has 1 aromatic heterocycles. The van der Waals surface area contributed by atoms with Crippen molar-refractivity contribution in [2.24, 2.45) is 0 Å². The molecule has 0 unspecified atom stereocenters. The number of aromatic nitrogens is 2. The van der Waals surface area contributed by atoms with Crippen LogP contribution >= 0.6 is 22.6 Å². The number of hydrogen-bond acceptors (Lipinski definition) is 3. The Bertz CT molecular complexity index is 472. The lowest BCUT2D eigenvalue weighted by atomic mass is 10.1. The van der Waals surface area contributed by atoms with E-state index < -0.39 is 5.69 Å². The van der Waals surface area contributed by atoms with Crippen LogP contribution in [0.5, 0.6) is 0 Å². The van der Waals surface area contributed by atoms with Crippen LogP contribution in [0.25, 0.3) is 11.5 Å². The molecule has 0 aliphatic rings. The summed E-state index contributed by atoms with van der Waals surface area (Å²) in [5.74, 6) is 0.329. The Morgan fingerprint density at radius 2 is 2.07 bits per heavy atom. The number of benzene rings is 1. The number of alkyl halides is 1. The quantitative estimate of drug-likeness (QED) is 0.681. The first-order valence-corrected chi connectivity index (χ1v) is 5.53. The van der Waals surface area contributed by atoms with Crippen molar-refractivity contribution in [2.75, 3.05) is 0 Å². The summed E-state index contributed by atoms with van der Waals surface area (Å²) in [7, 11) is 0. The number of halogens is 1. The smallest absolute Gasteiger partial charge is 0.357 e. The molecule has 0 amide bonds. The third-order valence-corrected chi connectivity index (χ3v) is 2.67. The largest absolute Gasteiger partial charge is 0.377 e. The first-order chi connectivity index (χ1) is 6.79. The molecule has 0 aliphatic carbocycles. The predicted molar refractivity (Wildman–Crippen MR) is 60.3 cm³/mol. The summed E-state index contributed by atoms with van der Waals surface area (Å²) in [6, 6.07) is 7.73. The zero-order valence-corrected chi connectivity index (χ0v) is 9.32. The number of H-pyrrole nitrogens is 1. The number of rotatable bonds is 2. The molecule has 0 saturated carbocycles. The lowest BCUT2D eigenvalue weighted by Crippen LogP contribution is -1.99. The van der Waals surface area contributed by atoms with Crippen molar-refractivity contribution < 1.29 is 4.52 Å². The molecule has 0 saturated heterocycles. The number of hydrogen-bond donors (Lipinski definition) is 1. The van der Waals surface area contributed by atoms with Gasteiger partial charge < -0.3 is 4.52 Å². The molecule has 14 heavy (non-hydrogen) atoms. The van der Waals surface area contributed by atoms with E-state index in [0.29, 0.717) is 5.89 Å². The van der Waals surface area contributed by atoms with Gasteiger partial charge in [0.1, 0.15) is 0 Å². The molecule has 2 rings (SSSR count). The Morgan fingerprint density at radius 1 is 1.36 bits per heavy atom. The maximum Gasteiger partial charge on any atom is 0.377 e. The van der Waals surface area contributed by atoms with Crippen LogP contribution in [-0.2, 0) is 4.43 Å². The van der Waals surface area contributed by atoms with Crippen LogP contribution in [0.15, 0.2) is 33.6 Å². The molecule has 4 nitrogen and oxygen atoms in total. The van der Waals surface area contributed by atoms with Crippen LogP contribution in [0.2, 0.25) is 0 Å². The molecule has 0 aliphatic heterocycles. The summed E-state index contributed by atoms with van der Waals surface area (Å²) >= 11 is 2.29. The minimum atomic E-state index is -0.460. The highest BCUT2D eigenvalue weighted by atomic mass is 127. The summed E-state index contributed by atoms with van der Waals surface area (Å²) in [5.41, 5.74) is 1.57. The summed E-state index contributed by atoms with van der Waals surface area (Å²) in [6.07, 6.45) is 0. The van der Waals surface area contributed by atoms with Gasteiger partial charge in [-0.2, -0.15) is 10.1 Å². The second-order valence-corrected chi connectivity index (χ2v) is 3.52. The van der Waals surface area contributed by atoms with Gasteiger partial charge in [0.25, 0.3) is 5.89 Å². The molecule has 2 aromatic rings. The van der Waals surface area contributed by atoms with Gasteiger partial charge in [-0.15, -0.1) is 0 Å². The Balaban J connectivity index is 2.38. The second kappa shape index (κ2) is 3.95. The third-order valence-electron chi connectivity index (χ3n) is 1.79. The molecule has 0 fully saturated rings. The first-order valence-electron chi connectivity index (χ1n) is 4.00. The summed E-state index contributed by atoms with van der Waals surface area (Å²) in [6.45, 7) is 0. The van der Waals surface area contributed by atoms with Crippen LogP contribution in [-0.4, -0.2) is 10.1 Å². The minimum absolute atomic E-state index is 0.329. The van der Waals surface area contributed by atoms with E-state index in [1.165, 1.54) is 5.56 Å². The van der Waals surface area contributed by atoms with Crippen molar-refractivity contribution in [2.45, 2.75) is 4.43 Å². The van der Waals surface area contributed by atoms with Crippen molar-refractivity contribution in [3.8, 4) is 11.5 Å². The van der Waals surface area contributed by atoms with Gasteiger partial charge in [0, 0.05) is 9.99 Å². The maximum absolute atomic E-state index is 10.7. The molecular weight excluding hydrogens is 295 g/mol. The summed E-state index contributed by atoms with van der Waals surface area (Å²) in [5, 5.41) is 2.15. The van der Waals surface area contributed by atoms with Gasteiger partial charge in [0.05, 0.1) is 0 Å². The van der Waals surface area contributed by atoms with Gasteiger partial charge in [0.15, 0.2) is 0 Å². The third kappa shape index (κ3) is 1.87. The van der Waals surface area contributed by atoms with Gasteiger partial charge in [-0.25, -0.2) is 4.79 Å². The molecule has 0 bridgehead atoms. The zero-order chi connectivity index (χ0) is 9.97. The molecule has 0 spiro atoms. The molecule has 0 atom stereocenters. The van der Waals surface area contributed by atoms with Gasteiger partial charge >= 0.3 is 5.69 Å². The van der Waals surface area contributed by atoms with Crippen LogP contribution in [0.4, 0.5) is 0 Å². The average molecular weight is 302 g/mol. The average Bonchev–Trinajstić information content (AvgIpc) is 2.65. The normalized spacial score (nSPS) is 10.4. The van der Waals surface area contributed by atoms with Crippen LogP contribution in [0, 0.1) is 0 Å².